The second-order valence-corrected chi connectivity index (χ2v) is 4.98. The molecule has 0 radical (unpaired) electrons. The largest absolute Gasteiger partial charge is 0.503 e. The third-order valence-electron chi connectivity index (χ3n) is 2.67. The molecule has 0 aliphatic rings. The van der Waals surface area contributed by atoms with Crippen molar-refractivity contribution in [2.75, 3.05) is 0 Å². The van der Waals surface area contributed by atoms with E-state index in [2.05, 4.69) is 5.32 Å². The van der Waals surface area contributed by atoms with Gasteiger partial charge in [-0.15, -0.1) is 0 Å². The summed E-state index contributed by atoms with van der Waals surface area (Å²) < 4.78 is 53.2. The van der Waals surface area contributed by atoms with Gasteiger partial charge < -0.3 is 10.4 Å². The molecule has 0 saturated heterocycles. The minimum Gasteiger partial charge on any atom is -0.503 e. The maximum absolute atomic E-state index is 13.5. The maximum Gasteiger partial charge on any atom is 0.257 e. The van der Waals surface area contributed by atoms with Gasteiger partial charge in [0.1, 0.15) is 5.56 Å². The van der Waals surface area contributed by atoms with Gasteiger partial charge in [-0.3, -0.25) is 4.79 Å². The first-order valence-electron chi connectivity index (χ1n) is 6.02. The highest BCUT2D eigenvalue weighted by atomic mass is 19.2. The number of amides is 1. The normalized spacial score (nSPS) is 12.6. The molecule has 3 nitrogen and oxygen atoms in total. The lowest BCUT2D eigenvalue weighted by molar-refractivity contribution is 0.0924. The molecule has 0 aliphatic carbocycles. The van der Waals surface area contributed by atoms with Crippen LogP contribution in [0.3, 0.4) is 0 Å². The van der Waals surface area contributed by atoms with Crippen molar-refractivity contribution in [3.8, 4) is 5.75 Å². The summed E-state index contributed by atoms with van der Waals surface area (Å²) in [7, 11) is 0. The Morgan fingerprint density at radius 2 is 1.50 bits per heavy atom. The molecule has 0 heterocycles. The van der Waals surface area contributed by atoms with Gasteiger partial charge in [-0.05, 0) is 19.3 Å². The van der Waals surface area contributed by atoms with Crippen molar-refractivity contribution in [2.24, 2.45) is 5.92 Å². The SMILES string of the molecule is CC(C)CC(C)NC(=O)c1c(F)c(F)c(O)c(F)c1F. The van der Waals surface area contributed by atoms with E-state index in [4.69, 9.17) is 5.11 Å². The molecule has 0 fully saturated rings. The number of rotatable bonds is 4. The molecular weight excluding hydrogens is 278 g/mol. The smallest absolute Gasteiger partial charge is 0.257 e. The summed E-state index contributed by atoms with van der Waals surface area (Å²) in [6, 6.07) is -0.429. The van der Waals surface area contributed by atoms with E-state index in [-0.39, 0.29) is 5.92 Å². The quantitative estimate of drug-likeness (QED) is 0.662. The Labute approximate surface area is 113 Å². The highest BCUT2D eigenvalue weighted by molar-refractivity contribution is 5.95. The molecule has 20 heavy (non-hydrogen) atoms. The standard InChI is InChI=1S/C13H15F4NO2/c1-5(2)4-6(3)18-13(20)7-8(14)10(16)12(19)11(17)9(7)15/h5-6,19H,4H2,1-3H3,(H,18,20). The highest BCUT2D eigenvalue weighted by Gasteiger charge is 2.29. The summed E-state index contributed by atoms with van der Waals surface area (Å²) in [5.74, 6) is -10.7. The van der Waals surface area contributed by atoms with Crippen LogP contribution < -0.4 is 5.32 Å². The zero-order chi connectivity index (χ0) is 15.6. The first-order valence-corrected chi connectivity index (χ1v) is 6.02. The van der Waals surface area contributed by atoms with E-state index < -0.39 is 46.5 Å². The molecule has 1 unspecified atom stereocenters. The van der Waals surface area contributed by atoms with Crippen LogP contribution in [-0.4, -0.2) is 17.1 Å². The number of hydrogen-bond donors (Lipinski definition) is 2. The lowest BCUT2D eigenvalue weighted by Gasteiger charge is -2.16. The lowest BCUT2D eigenvalue weighted by atomic mass is 10.0. The molecule has 0 bridgehead atoms. The molecule has 1 amide bonds. The third-order valence-corrected chi connectivity index (χ3v) is 2.67. The zero-order valence-corrected chi connectivity index (χ0v) is 11.2. The van der Waals surface area contributed by atoms with Crippen LogP contribution in [0, 0.1) is 29.2 Å². The lowest BCUT2D eigenvalue weighted by Crippen LogP contribution is -2.35. The number of halogens is 4. The van der Waals surface area contributed by atoms with Gasteiger partial charge >= 0.3 is 0 Å². The Bertz CT molecular complexity index is 503. The van der Waals surface area contributed by atoms with Crippen LogP contribution in [0.1, 0.15) is 37.6 Å². The molecule has 1 atom stereocenters. The van der Waals surface area contributed by atoms with Gasteiger partial charge in [0.05, 0.1) is 0 Å². The van der Waals surface area contributed by atoms with Crippen molar-refractivity contribution in [1.82, 2.24) is 5.32 Å². The average molecular weight is 293 g/mol. The van der Waals surface area contributed by atoms with Crippen LogP contribution in [0.25, 0.3) is 0 Å². The van der Waals surface area contributed by atoms with E-state index in [1.54, 1.807) is 6.92 Å². The second kappa shape index (κ2) is 6.11. The zero-order valence-electron chi connectivity index (χ0n) is 11.2. The Balaban J connectivity index is 3.11. The maximum atomic E-state index is 13.5. The molecule has 7 heteroatoms. The van der Waals surface area contributed by atoms with Crippen LogP contribution in [-0.2, 0) is 0 Å². The van der Waals surface area contributed by atoms with Crippen molar-refractivity contribution in [1.29, 1.82) is 0 Å². The number of phenolic OH excluding ortho intramolecular Hbond substituents is 1. The van der Waals surface area contributed by atoms with Crippen LogP contribution >= 0.6 is 0 Å². The minimum absolute atomic E-state index is 0.216. The Hall–Kier alpha value is -1.79. The van der Waals surface area contributed by atoms with E-state index in [9.17, 15) is 22.4 Å². The molecule has 1 rings (SSSR count). The summed E-state index contributed by atoms with van der Waals surface area (Å²) in [6.45, 7) is 5.36. The minimum atomic E-state index is -1.99. The molecule has 1 aromatic rings. The number of phenols is 1. The van der Waals surface area contributed by atoms with Crippen molar-refractivity contribution in [3.05, 3.63) is 28.8 Å². The summed E-state index contributed by atoms with van der Waals surface area (Å²) in [6.07, 6.45) is 0.526. The first kappa shape index (κ1) is 16.3. The average Bonchev–Trinajstić information content (AvgIpc) is 2.33. The summed E-state index contributed by atoms with van der Waals surface area (Å²) >= 11 is 0. The Morgan fingerprint density at radius 1 is 1.05 bits per heavy atom. The van der Waals surface area contributed by atoms with Crippen LogP contribution in [0.15, 0.2) is 0 Å². The Morgan fingerprint density at radius 3 is 1.90 bits per heavy atom. The van der Waals surface area contributed by atoms with Gasteiger partial charge in [-0.25, -0.2) is 8.78 Å². The van der Waals surface area contributed by atoms with Gasteiger partial charge in [0, 0.05) is 6.04 Å². The first-order chi connectivity index (χ1) is 9.16. The molecule has 0 saturated carbocycles. The van der Waals surface area contributed by atoms with Crippen molar-refractivity contribution in [3.63, 3.8) is 0 Å². The Kier molecular flexibility index (Phi) is 4.97. The van der Waals surface area contributed by atoms with Crippen molar-refractivity contribution < 1.29 is 27.5 Å². The topological polar surface area (TPSA) is 49.3 Å². The number of aromatic hydroxyl groups is 1. The summed E-state index contributed by atoms with van der Waals surface area (Å²) in [4.78, 5) is 11.7. The number of carbonyl (C=O) groups is 1. The molecule has 1 aromatic carbocycles. The van der Waals surface area contributed by atoms with Gasteiger partial charge in [-0.2, -0.15) is 8.78 Å². The second-order valence-electron chi connectivity index (χ2n) is 4.98. The molecule has 0 aliphatic heterocycles. The molecule has 0 aromatic heterocycles. The number of benzene rings is 1. The van der Waals surface area contributed by atoms with Gasteiger partial charge in [0.2, 0.25) is 11.6 Å². The van der Waals surface area contributed by atoms with E-state index in [0.717, 1.165) is 0 Å². The molecular formula is C13H15F4NO2. The fourth-order valence-corrected chi connectivity index (χ4v) is 1.88. The van der Waals surface area contributed by atoms with Crippen LogP contribution in [0.5, 0.6) is 5.75 Å². The number of carbonyl (C=O) groups excluding carboxylic acids is 1. The predicted octanol–water partition coefficient (Wildman–Crippen LogP) is 3.11. The van der Waals surface area contributed by atoms with Gasteiger partial charge in [-0.1, -0.05) is 13.8 Å². The van der Waals surface area contributed by atoms with E-state index in [1.165, 1.54) is 0 Å². The van der Waals surface area contributed by atoms with Gasteiger partial charge in [0.15, 0.2) is 17.4 Å². The van der Waals surface area contributed by atoms with Crippen molar-refractivity contribution in [2.45, 2.75) is 33.2 Å². The van der Waals surface area contributed by atoms with Gasteiger partial charge in [0.25, 0.3) is 5.91 Å². The monoisotopic (exact) mass is 293 g/mol. The number of nitrogens with one attached hydrogen (secondary N) is 1. The molecule has 112 valence electrons. The van der Waals surface area contributed by atoms with E-state index >= 15 is 0 Å². The van der Waals surface area contributed by atoms with E-state index in [1.807, 2.05) is 13.8 Å². The summed E-state index contributed by atoms with van der Waals surface area (Å²) in [5, 5.41) is 11.1. The molecule has 2 N–H and O–H groups in total. The fourth-order valence-electron chi connectivity index (χ4n) is 1.88. The van der Waals surface area contributed by atoms with Crippen LogP contribution in [0.4, 0.5) is 17.6 Å². The predicted molar refractivity (Wildman–Crippen MR) is 64.3 cm³/mol. The third kappa shape index (κ3) is 3.20. The van der Waals surface area contributed by atoms with E-state index in [0.29, 0.717) is 6.42 Å². The van der Waals surface area contributed by atoms with Crippen LogP contribution in [0.2, 0.25) is 0 Å². The van der Waals surface area contributed by atoms with Crippen molar-refractivity contribution >= 4 is 5.91 Å². The fraction of sp³-hybridized carbons (Fsp3) is 0.462. The molecule has 0 spiro atoms. The number of hydrogen-bond acceptors (Lipinski definition) is 2. The highest BCUT2D eigenvalue weighted by Crippen LogP contribution is 2.28. The summed E-state index contributed by atoms with van der Waals surface area (Å²) in [5.41, 5.74) is -1.38.